The Morgan fingerprint density at radius 3 is 2.15 bits per heavy atom. The molecule has 0 radical (unpaired) electrons. The van der Waals surface area contributed by atoms with Crippen LogP contribution >= 0.6 is 11.6 Å². The fourth-order valence-corrected chi connectivity index (χ4v) is 3.02. The predicted molar refractivity (Wildman–Crippen MR) is 107 cm³/mol. The third-order valence-electron chi connectivity index (χ3n) is 4.35. The van der Waals surface area contributed by atoms with Crippen LogP contribution in [0, 0.1) is 0 Å². The van der Waals surface area contributed by atoms with E-state index in [4.69, 9.17) is 16.3 Å². The van der Waals surface area contributed by atoms with E-state index in [1.54, 1.807) is 19.2 Å². The van der Waals surface area contributed by atoms with E-state index < -0.39 is 6.10 Å². The topological polar surface area (TPSA) is 41.5 Å². The van der Waals surface area contributed by atoms with Crippen molar-refractivity contribution in [2.75, 3.05) is 12.4 Å². The van der Waals surface area contributed by atoms with Crippen molar-refractivity contribution in [1.29, 1.82) is 0 Å². The summed E-state index contributed by atoms with van der Waals surface area (Å²) in [7, 11) is 1.65. The van der Waals surface area contributed by atoms with Gasteiger partial charge >= 0.3 is 0 Å². The van der Waals surface area contributed by atoms with E-state index in [2.05, 4.69) is 17.4 Å². The summed E-state index contributed by atoms with van der Waals surface area (Å²) < 4.78 is 5.21. The van der Waals surface area contributed by atoms with E-state index >= 15 is 0 Å². The minimum absolute atomic E-state index is 0.0322. The zero-order chi connectivity index (χ0) is 18.4. The first kappa shape index (κ1) is 18.3. The van der Waals surface area contributed by atoms with E-state index in [-0.39, 0.29) is 6.04 Å². The molecule has 0 amide bonds. The van der Waals surface area contributed by atoms with Crippen LogP contribution in [-0.4, -0.2) is 12.2 Å². The molecular formula is C22H22ClNO2. The Morgan fingerprint density at radius 2 is 1.54 bits per heavy atom. The molecule has 0 aliphatic rings. The van der Waals surface area contributed by atoms with Crippen molar-refractivity contribution < 1.29 is 9.84 Å². The number of hydrogen-bond acceptors (Lipinski definition) is 3. The average molecular weight is 368 g/mol. The number of methoxy groups -OCH3 is 1. The molecule has 3 aromatic rings. The molecule has 3 nitrogen and oxygen atoms in total. The first-order valence-electron chi connectivity index (χ1n) is 8.55. The predicted octanol–water partition coefficient (Wildman–Crippen LogP) is 5.63. The van der Waals surface area contributed by atoms with Crippen molar-refractivity contribution in [1.82, 2.24) is 0 Å². The van der Waals surface area contributed by atoms with Gasteiger partial charge in [-0.2, -0.15) is 0 Å². The highest BCUT2D eigenvalue weighted by molar-refractivity contribution is 6.30. The summed E-state index contributed by atoms with van der Waals surface area (Å²) in [5.41, 5.74) is 2.95. The number of halogens is 1. The molecule has 2 N–H and O–H groups in total. The molecule has 3 rings (SSSR count). The lowest BCUT2D eigenvalue weighted by atomic mass is 9.96. The molecule has 26 heavy (non-hydrogen) atoms. The quantitative estimate of drug-likeness (QED) is 0.569. The molecule has 2 unspecified atom stereocenters. The van der Waals surface area contributed by atoms with Gasteiger partial charge in [-0.05, 0) is 47.5 Å². The highest BCUT2D eigenvalue weighted by Crippen LogP contribution is 2.30. The normalized spacial score (nSPS) is 13.0. The first-order chi connectivity index (χ1) is 12.7. The molecule has 3 aromatic carbocycles. The Hall–Kier alpha value is -2.49. The molecule has 0 aliphatic carbocycles. The molecule has 0 fully saturated rings. The zero-order valence-corrected chi connectivity index (χ0v) is 15.4. The van der Waals surface area contributed by atoms with Crippen LogP contribution in [-0.2, 0) is 0 Å². The molecule has 0 bridgehead atoms. The van der Waals surface area contributed by atoms with Crippen molar-refractivity contribution in [3.05, 3.63) is 95.0 Å². The van der Waals surface area contributed by atoms with Crippen LogP contribution in [0.1, 0.15) is 29.7 Å². The van der Waals surface area contributed by atoms with E-state index in [1.165, 1.54) is 0 Å². The number of nitrogens with one attached hydrogen (secondary N) is 1. The molecule has 4 heteroatoms. The Bertz CT molecular complexity index is 804. The Labute approximate surface area is 159 Å². The summed E-state index contributed by atoms with van der Waals surface area (Å²) >= 11 is 5.95. The van der Waals surface area contributed by atoms with Crippen LogP contribution in [0.2, 0.25) is 5.02 Å². The lowest BCUT2D eigenvalue weighted by molar-refractivity contribution is 0.160. The summed E-state index contributed by atoms with van der Waals surface area (Å²) in [4.78, 5) is 0. The monoisotopic (exact) mass is 367 g/mol. The summed E-state index contributed by atoms with van der Waals surface area (Å²) in [5, 5.41) is 14.9. The second-order valence-electron chi connectivity index (χ2n) is 6.14. The minimum Gasteiger partial charge on any atom is -0.497 e. The van der Waals surface area contributed by atoms with Crippen LogP contribution < -0.4 is 10.1 Å². The van der Waals surface area contributed by atoms with Gasteiger partial charge in [0, 0.05) is 17.1 Å². The molecule has 0 saturated carbocycles. The maximum absolute atomic E-state index is 10.7. The molecule has 0 aromatic heterocycles. The SMILES string of the molecule is COc1ccc(NC(CC(O)c2ccc(Cl)cc2)c2ccccc2)cc1. The largest absolute Gasteiger partial charge is 0.497 e. The molecule has 134 valence electrons. The average Bonchev–Trinajstić information content (AvgIpc) is 2.69. The van der Waals surface area contributed by atoms with Gasteiger partial charge in [-0.1, -0.05) is 54.1 Å². The van der Waals surface area contributed by atoms with Crippen LogP contribution in [0.3, 0.4) is 0 Å². The van der Waals surface area contributed by atoms with Crippen molar-refractivity contribution >= 4 is 17.3 Å². The minimum atomic E-state index is -0.594. The molecule has 0 aliphatic heterocycles. The van der Waals surface area contributed by atoms with Gasteiger partial charge in [-0.15, -0.1) is 0 Å². The second kappa shape index (κ2) is 8.75. The van der Waals surface area contributed by atoms with Crippen molar-refractivity contribution in [2.45, 2.75) is 18.6 Å². The zero-order valence-electron chi connectivity index (χ0n) is 14.6. The summed E-state index contributed by atoms with van der Waals surface area (Å²) in [5.74, 6) is 0.813. The number of benzene rings is 3. The fraction of sp³-hybridized carbons (Fsp3) is 0.182. The summed E-state index contributed by atoms with van der Waals surface area (Å²) in [6.07, 6.45) is -0.0549. The van der Waals surface area contributed by atoms with Gasteiger partial charge in [0.05, 0.1) is 19.3 Å². The van der Waals surface area contributed by atoms with E-state index in [9.17, 15) is 5.11 Å². The Balaban J connectivity index is 1.79. The van der Waals surface area contributed by atoms with E-state index in [0.717, 1.165) is 22.6 Å². The van der Waals surface area contributed by atoms with Gasteiger partial charge in [0.2, 0.25) is 0 Å². The molecule has 0 heterocycles. The van der Waals surface area contributed by atoms with Gasteiger partial charge < -0.3 is 15.2 Å². The number of ether oxygens (including phenoxy) is 1. The number of rotatable bonds is 7. The molecule has 0 saturated heterocycles. The number of aliphatic hydroxyl groups is 1. The third-order valence-corrected chi connectivity index (χ3v) is 4.60. The highest BCUT2D eigenvalue weighted by Gasteiger charge is 2.18. The number of aliphatic hydroxyl groups excluding tert-OH is 1. The number of anilines is 1. The van der Waals surface area contributed by atoms with Crippen LogP contribution in [0.4, 0.5) is 5.69 Å². The molecule has 2 atom stereocenters. The molecular weight excluding hydrogens is 346 g/mol. The standard InChI is InChI=1S/C22H22ClNO2/c1-26-20-13-11-19(12-14-20)24-21(16-5-3-2-4-6-16)15-22(25)17-7-9-18(23)10-8-17/h2-14,21-22,24-25H,15H2,1H3. The molecule has 0 spiro atoms. The van der Waals surface area contributed by atoms with Crippen LogP contribution in [0.15, 0.2) is 78.9 Å². The van der Waals surface area contributed by atoms with E-state index in [0.29, 0.717) is 11.4 Å². The smallest absolute Gasteiger partial charge is 0.119 e. The number of hydrogen-bond donors (Lipinski definition) is 2. The van der Waals surface area contributed by atoms with Crippen LogP contribution in [0.5, 0.6) is 5.75 Å². The highest BCUT2D eigenvalue weighted by atomic mass is 35.5. The maximum atomic E-state index is 10.7. The summed E-state index contributed by atoms with van der Waals surface area (Å²) in [6, 6.07) is 25.2. The third kappa shape index (κ3) is 4.78. The van der Waals surface area contributed by atoms with Gasteiger partial charge in [0.15, 0.2) is 0 Å². The van der Waals surface area contributed by atoms with Gasteiger partial charge in [-0.25, -0.2) is 0 Å². The lowest BCUT2D eigenvalue weighted by Crippen LogP contribution is -2.14. The van der Waals surface area contributed by atoms with Gasteiger partial charge in [0.25, 0.3) is 0 Å². The fourth-order valence-electron chi connectivity index (χ4n) is 2.90. The van der Waals surface area contributed by atoms with Crippen molar-refractivity contribution in [3.8, 4) is 5.75 Å². The van der Waals surface area contributed by atoms with Crippen molar-refractivity contribution in [3.63, 3.8) is 0 Å². The second-order valence-corrected chi connectivity index (χ2v) is 6.58. The first-order valence-corrected chi connectivity index (χ1v) is 8.92. The van der Waals surface area contributed by atoms with Gasteiger partial charge in [0.1, 0.15) is 5.75 Å². The summed E-state index contributed by atoms with van der Waals surface area (Å²) in [6.45, 7) is 0. The Kier molecular flexibility index (Phi) is 6.16. The van der Waals surface area contributed by atoms with Gasteiger partial charge in [-0.3, -0.25) is 0 Å². The maximum Gasteiger partial charge on any atom is 0.119 e. The van der Waals surface area contributed by atoms with E-state index in [1.807, 2.05) is 54.6 Å². The lowest BCUT2D eigenvalue weighted by Gasteiger charge is -2.24. The van der Waals surface area contributed by atoms with Crippen molar-refractivity contribution in [2.24, 2.45) is 0 Å². The Morgan fingerprint density at radius 1 is 0.885 bits per heavy atom. The van der Waals surface area contributed by atoms with Crippen LogP contribution in [0.25, 0.3) is 0 Å².